The van der Waals surface area contributed by atoms with Gasteiger partial charge in [-0.25, -0.2) is 0 Å². The molecule has 0 aliphatic carbocycles. The second-order valence-corrected chi connectivity index (χ2v) is 19.2. The number of unbranched alkanes of at least 4 members (excludes halogenated alkanes) is 21. The molecule has 0 spiro atoms. The highest BCUT2D eigenvalue weighted by Crippen LogP contribution is 2.13. The third-order valence-electron chi connectivity index (χ3n) is 12.2. The maximum absolute atomic E-state index is 12.9. The average molecular weight is 998 g/mol. The summed E-state index contributed by atoms with van der Waals surface area (Å²) in [6.07, 6.45) is 81.9. The Labute approximate surface area is 443 Å². The molecule has 1 atom stereocenters. The van der Waals surface area contributed by atoms with Gasteiger partial charge in [0.1, 0.15) is 13.2 Å². The lowest BCUT2D eigenvalue weighted by Gasteiger charge is -2.18. The van der Waals surface area contributed by atoms with E-state index in [4.69, 9.17) is 14.2 Å². The summed E-state index contributed by atoms with van der Waals surface area (Å²) in [7, 11) is 0. The van der Waals surface area contributed by atoms with E-state index in [0.29, 0.717) is 19.3 Å². The standard InChI is InChI=1S/C66H108O6/c1-4-7-10-13-16-19-22-25-28-30-31-32-33-34-35-36-39-41-44-47-50-53-56-59-65(68)71-62-63(61-70-64(67)58-55-52-49-46-43-40-37-27-24-21-18-15-12-9-6-3)72-66(69)60-57-54-51-48-45-42-38-29-26-23-20-17-14-11-8-5-2/h7,10,16,19-20,23,25,27-29,31-32,34-35,37-39,41,47,50,63H,4-6,8-9,11-15,17-18,21-22,24,26,30,33,36,40,42-46,48-49,51-62H2,1-3H3/b10-7-,19-16-,23-20-,28-25-,32-31-,35-34-,37-27-,38-29-,41-39-,50-47-. The minimum atomic E-state index is -0.816. The summed E-state index contributed by atoms with van der Waals surface area (Å²) < 4.78 is 16.8. The van der Waals surface area contributed by atoms with Crippen LogP contribution >= 0.6 is 0 Å². The third-order valence-corrected chi connectivity index (χ3v) is 12.2. The summed E-state index contributed by atoms with van der Waals surface area (Å²) >= 11 is 0. The first-order valence-corrected chi connectivity index (χ1v) is 29.5. The van der Waals surface area contributed by atoms with Crippen molar-refractivity contribution in [2.24, 2.45) is 0 Å². The Balaban J connectivity index is 4.52. The van der Waals surface area contributed by atoms with Gasteiger partial charge < -0.3 is 14.2 Å². The van der Waals surface area contributed by atoms with E-state index in [-0.39, 0.29) is 37.5 Å². The number of hydrogen-bond donors (Lipinski definition) is 0. The van der Waals surface area contributed by atoms with Gasteiger partial charge >= 0.3 is 17.9 Å². The van der Waals surface area contributed by atoms with Gasteiger partial charge in [0.15, 0.2) is 6.10 Å². The molecule has 0 heterocycles. The molecule has 0 aliphatic rings. The molecule has 0 radical (unpaired) electrons. The zero-order valence-corrected chi connectivity index (χ0v) is 46.7. The molecule has 0 saturated carbocycles. The van der Waals surface area contributed by atoms with Crippen LogP contribution in [0.25, 0.3) is 0 Å². The normalized spacial score (nSPS) is 13.0. The van der Waals surface area contributed by atoms with Crippen LogP contribution in [0.5, 0.6) is 0 Å². The van der Waals surface area contributed by atoms with Gasteiger partial charge in [-0.05, 0) is 128 Å². The molecule has 6 heteroatoms. The van der Waals surface area contributed by atoms with E-state index >= 15 is 0 Å². The molecule has 72 heavy (non-hydrogen) atoms. The van der Waals surface area contributed by atoms with E-state index < -0.39 is 6.10 Å². The number of carbonyl (C=O) groups excluding carboxylic acids is 3. The minimum Gasteiger partial charge on any atom is -0.462 e. The molecule has 0 bridgehead atoms. The molecule has 408 valence electrons. The van der Waals surface area contributed by atoms with Crippen molar-refractivity contribution in [3.05, 3.63) is 122 Å². The van der Waals surface area contributed by atoms with Crippen LogP contribution in [0.15, 0.2) is 122 Å². The number of ether oxygens (including phenoxy) is 3. The average Bonchev–Trinajstić information content (AvgIpc) is 3.38. The van der Waals surface area contributed by atoms with Gasteiger partial charge in [-0.15, -0.1) is 0 Å². The van der Waals surface area contributed by atoms with Crippen molar-refractivity contribution in [1.82, 2.24) is 0 Å². The molecule has 0 aromatic rings. The molecule has 0 aromatic carbocycles. The second-order valence-electron chi connectivity index (χ2n) is 19.2. The Morgan fingerprint density at radius 2 is 0.556 bits per heavy atom. The summed E-state index contributed by atoms with van der Waals surface area (Å²) in [5.41, 5.74) is 0. The van der Waals surface area contributed by atoms with E-state index in [1.807, 2.05) is 0 Å². The number of allylic oxidation sites excluding steroid dienone is 20. The summed E-state index contributed by atoms with van der Waals surface area (Å²) in [6, 6.07) is 0. The maximum Gasteiger partial charge on any atom is 0.306 e. The summed E-state index contributed by atoms with van der Waals surface area (Å²) in [4.78, 5) is 38.2. The predicted octanol–water partition coefficient (Wildman–Crippen LogP) is 20.0. The molecular formula is C66H108O6. The molecule has 0 aromatic heterocycles. The van der Waals surface area contributed by atoms with Gasteiger partial charge in [0.2, 0.25) is 0 Å². The molecule has 0 rings (SSSR count). The Kier molecular flexibility index (Phi) is 55.9. The van der Waals surface area contributed by atoms with Gasteiger partial charge in [0.05, 0.1) is 0 Å². The summed E-state index contributed by atoms with van der Waals surface area (Å²) in [6.45, 7) is 6.44. The Hall–Kier alpha value is -4.19. The summed E-state index contributed by atoms with van der Waals surface area (Å²) in [5.74, 6) is -0.993. The lowest BCUT2D eigenvalue weighted by atomic mass is 10.1. The first-order valence-electron chi connectivity index (χ1n) is 29.5. The fourth-order valence-electron chi connectivity index (χ4n) is 7.75. The van der Waals surface area contributed by atoms with E-state index in [2.05, 4.69) is 142 Å². The number of hydrogen-bond acceptors (Lipinski definition) is 6. The SMILES string of the molecule is CC/C=C\C/C=C\C/C=C\C/C=C\C/C=C\C/C=C\C/C=C\CCCC(=O)OCC(COC(=O)CCCCCCC/C=C\CCCCCCCC)OC(=O)CCCCCCC/C=C\C/C=C\CCCCCC. The zero-order valence-electron chi connectivity index (χ0n) is 46.7. The predicted molar refractivity (Wildman–Crippen MR) is 311 cm³/mol. The van der Waals surface area contributed by atoms with Gasteiger partial charge in [0.25, 0.3) is 0 Å². The first kappa shape index (κ1) is 67.8. The van der Waals surface area contributed by atoms with E-state index in [9.17, 15) is 14.4 Å². The number of carbonyl (C=O) groups is 3. The van der Waals surface area contributed by atoms with Crippen LogP contribution in [-0.4, -0.2) is 37.2 Å². The van der Waals surface area contributed by atoms with Gasteiger partial charge in [-0.1, -0.05) is 232 Å². The first-order chi connectivity index (χ1) is 35.5. The van der Waals surface area contributed by atoms with Crippen LogP contribution in [0.2, 0.25) is 0 Å². The minimum absolute atomic E-state index is 0.109. The van der Waals surface area contributed by atoms with Crippen molar-refractivity contribution in [3.63, 3.8) is 0 Å². The van der Waals surface area contributed by atoms with Crippen LogP contribution in [0.1, 0.15) is 258 Å². The van der Waals surface area contributed by atoms with Gasteiger partial charge in [-0.3, -0.25) is 14.4 Å². The molecule has 6 nitrogen and oxygen atoms in total. The van der Waals surface area contributed by atoms with E-state index in [0.717, 1.165) is 128 Å². The molecule has 1 unspecified atom stereocenters. The molecule has 0 amide bonds. The highest BCUT2D eigenvalue weighted by atomic mass is 16.6. The van der Waals surface area contributed by atoms with Crippen molar-refractivity contribution in [1.29, 1.82) is 0 Å². The largest absolute Gasteiger partial charge is 0.462 e. The van der Waals surface area contributed by atoms with Crippen LogP contribution < -0.4 is 0 Å². The fourth-order valence-corrected chi connectivity index (χ4v) is 7.75. The molecule has 0 saturated heterocycles. The third kappa shape index (κ3) is 56.7. The highest BCUT2D eigenvalue weighted by Gasteiger charge is 2.19. The zero-order chi connectivity index (χ0) is 52.2. The topological polar surface area (TPSA) is 78.9 Å². The van der Waals surface area contributed by atoms with Crippen LogP contribution in [-0.2, 0) is 28.6 Å². The molecular weight excluding hydrogens is 889 g/mol. The lowest BCUT2D eigenvalue weighted by Crippen LogP contribution is -2.30. The number of esters is 3. The quantitative estimate of drug-likeness (QED) is 0.0261. The van der Waals surface area contributed by atoms with Gasteiger partial charge in [0, 0.05) is 19.3 Å². The molecule has 0 fully saturated rings. The second kappa shape index (κ2) is 59.4. The highest BCUT2D eigenvalue weighted by molar-refractivity contribution is 5.71. The Morgan fingerprint density at radius 3 is 0.931 bits per heavy atom. The van der Waals surface area contributed by atoms with Gasteiger partial charge in [-0.2, -0.15) is 0 Å². The summed E-state index contributed by atoms with van der Waals surface area (Å²) in [5, 5.41) is 0. The molecule has 0 aliphatic heterocycles. The van der Waals surface area contributed by atoms with Crippen molar-refractivity contribution in [3.8, 4) is 0 Å². The smallest absolute Gasteiger partial charge is 0.306 e. The van der Waals surface area contributed by atoms with Crippen molar-refractivity contribution in [2.45, 2.75) is 264 Å². The lowest BCUT2D eigenvalue weighted by molar-refractivity contribution is -0.167. The Bertz CT molecular complexity index is 1520. The van der Waals surface area contributed by atoms with E-state index in [1.165, 1.54) is 83.5 Å². The van der Waals surface area contributed by atoms with Crippen LogP contribution in [0, 0.1) is 0 Å². The number of rotatable bonds is 52. The van der Waals surface area contributed by atoms with Crippen molar-refractivity contribution >= 4 is 17.9 Å². The van der Waals surface area contributed by atoms with E-state index in [1.54, 1.807) is 0 Å². The van der Waals surface area contributed by atoms with Crippen molar-refractivity contribution < 1.29 is 28.6 Å². The monoisotopic (exact) mass is 997 g/mol. The van der Waals surface area contributed by atoms with Crippen molar-refractivity contribution in [2.75, 3.05) is 13.2 Å². The van der Waals surface area contributed by atoms with Crippen LogP contribution in [0.4, 0.5) is 0 Å². The van der Waals surface area contributed by atoms with Crippen LogP contribution in [0.3, 0.4) is 0 Å². The Morgan fingerprint density at radius 1 is 0.292 bits per heavy atom. The molecule has 0 N–H and O–H groups in total. The maximum atomic E-state index is 12.9. The fraction of sp³-hybridized carbons (Fsp3) is 0.652.